The van der Waals surface area contributed by atoms with Gasteiger partial charge in [0, 0.05) is 30.0 Å². The Hall–Kier alpha value is -1.52. The highest BCUT2D eigenvalue weighted by Crippen LogP contribution is 2.40. The second kappa shape index (κ2) is 7.37. The zero-order chi connectivity index (χ0) is 16.2. The first-order chi connectivity index (χ1) is 11.1. The van der Waals surface area contributed by atoms with Crippen LogP contribution in [0.15, 0.2) is 71.6 Å². The molecular formula is C19H22FNOS. The van der Waals surface area contributed by atoms with E-state index in [9.17, 15) is 4.39 Å². The van der Waals surface area contributed by atoms with Crippen molar-refractivity contribution >= 4 is 11.9 Å². The summed E-state index contributed by atoms with van der Waals surface area (Å²) in [5.74, 6) is 1.05. The quantitative estimate of drug-likeness (QED) is 0.379. The average molecular weight is 331 g/mol. The van der Waals surface area contributed by atoms with Crippen LogP contribution in [0, 0.1) is 11.8 Å². The van der Waals surface area contributed by atoms with Gasteiger partial charge < -0.3 is 4.74 Å². The fourth-order valence-electron chi connectivity index (χ4n) is 2.54. The zero-order valence-electron chi connectivity index (χ0n) is 13.2. The van der Waals surface area contributed by atoms with Crippen molar-refractivity contribution in [2.24, 2.45) is 11.8 Å². The number of allylic oxidation sites excluding steroid dienone is 3. The molecule has 0 amide bonds. The fourth-order valence-corrected chi connectivity index (χ4v) is 3.69. The van der Waals surface area contributed by atoms with E-state index in [2.05, 4.69) is 29.6 Å². The van der Waals surface area contributed by atoms with Crippen LogP contribution in [0.5, 0.6) is 0 Å². The molecule has 1 aromatic rings. The largest absolute Gasteiger partial charge is 0.493 e. The minimum Gasteiger partial charge on any atom is -0.493 e. The maximum Gasteiger partial charge on any atom is 0.125 e. The third-order valence-electron chi connectivity index (χ3n) is 4.05. The lowest BCUT2D eigenvalue weighted by atomic mass is 10.0. The summed E-state index contributed by atoms with van der Waals surface area (Å²) in [4.78, 5) is 1.25. The van der Waals surface area contributed by atoms with Gasteiger partial charge in [0.05, 0.1) is 6.61 Å². The molecule has 1 aromatic carbocycles. The molecule has 0 aromatic heterocycles. The average Bonchev–Trinajstić information content (AvgIpc) is 3.32. The van der Waals surface area contributed by atoms with E-state index in [1.54, 1.807) is 11.9 Å². The van der Waals surface area contributed by atoms with Crippen molar-refractivity contribution in [3.63, 3.8) is 0 Å². The summed E-state index contributed by atoms with van der Waals surface area (Å²) in [6.45, 7) is 9.93. The van der Waals surface area contributed by atoms with Crippen LogP contribution in [0.3, 0.4) is 0 Å². The molecule has 0 bridgehead atoms. The van der Waals surface area contributed by atoms with Gasteiger partial charge in [0.15, 0.2) is 0 Å². The Balaban J connectivity index is 1.43. The van der Waals surface area contributed by atoms with Crippen LogP contribution in [0.4, 0.5) is 4.39 Å². The van der Waals surface area contributed by atoms with Gasteiger partial charge in [0.2, 0.25) is 0 Å². The Labute approximate surface area is 141 Å². The molecule has 1 heterocycles. The second-order valence-electron chi connectivity index (χ2n) is 6.18. The highest BCUT2D eigenvalue weighted by atomic mass is 32.2. The van der Waals surface area contributed by atoms with Gasteiger partial charge in [-0.1, -0.05) is 31.4 Å². The number of hydrogen-bond donors (Lipinski definition) is 0. The SMILES string of the molecule is C=C(F)/C=C(/OCC1CN(Sc2ccccc2)C1)C(=C)C1CC1. The zero-order valence-corrected chi connectivity index (χ0v) is 14.0. The summed E-state index contributed by atoms with van der Waals surface area (Å²) in [5.41, 5.74) is 0.915. The molecule has 0 atom stereocenters. The van der Waals surface area contributed by atoms with Crippen LogP contribution in [-0.4, -0.2) is 24.0 Å². The van der Waals surface area contributed by atoms with Gasteiger partial charge >= 0.3 is 0 Å². The number of rotatable bonds is 8. The van der Waals surface area contributed by atoms with E-state index in [0.717, 1.165) is 31.5 Å². The highest BCUT2D eigenvalue weighted by molar-refractivity contribution is 7.97. The Morgan fingerprint density at radius 3 is 2.57 bits per heavy atom. The number of halogens is 1. The topological polar surface area (TPSA) is 12.5 Å². The van der Waals surface area contributed by atoms with Crippen molar-refractivity contribution in [1.29, 1.82) is 0 Å². The molecule has 0 spiro atoms. The van der Waals surface area contributed by atoms with Crippen LogP contribution < -0.4 is 0 Å². The third-order valence-corrected chi connectivity index (χ3v) is 5.09. The number of ether oxygens (including phenoxy) is 1. The predicted molar refractivity (Wildman–Crippen MR) is 93.5 cm³/mol. The van der Waals surface area contributed by atoms with Crippen LogP contribution in [0.1, 0.15) is 12.8 Å². The summed E-state index contributed by atoms with van der Waals surface area (Å²) in [6, 6.07) is 10.3. The first kappa shape index (κ1) is 16.3. The molecular weight excluding hydrogens is 309 g/mol. The monoisotopic (exact) mass is 331 g/mol. The van der Waals surface area contributed by atoms with E-state index in [1.165, 1.54) is 11.0 Å². The van der Waals surface area contributed by atoms with Crippen LogP contribution >= 0.6 is 11.9 Å². The normalized spacial score (nSPS) is 19.3. The fraction of sp³-hybridized carbons (Fsp3) is 0.368. The minimum atomic E-state index is -0.475. The highest BCUT2D eigenvalue weighted by Gasteiger charge is 2.31. The van der Waals surface area contributed by atoms with Crippen molar-refractivity contribution in [3.8, 4) is 0 Å². The molecule has 122 valence electrons. The number of benzene rings is 1. The molecule has 0 N–H and O–H groups in total. The van der Waals surface area contributed by atoms with Gasteiger partial charge in [0.25, 0.3) is 0 Å². The van der Waals surface area contributed by atoms with Gasteiger partial charge in [-0.2, -0.15) is 0 Å². The summed E-state index contributed by atoms with van der Waals surface area (Å²) in [6.07, 6.45) is 3.63. The van der Waals surface area contributed by atoms with E-state index in [-0.39, 0.29) is 0 Å². The van der Waals surface area contributed by atoms with Crippen molar-refractivity contribution in [2.75, 3.05) is 19.7 Å². The lowest BCUT2D eigenvalue weighted by Crippen LogP contribution is -2.44. The summed E-state index contributed by atoms with van der Waals surface area (Å²) in [5, 5.41) is 0. The summed E-state index contributed by atoms with van der Waals surface area (Å²) < 4.78 is 21.3. The van der Waals surface area contributed by atoms with Gasteiger partial charge in [-0.25, -0.2) is 8.70 Å². The van der Waals surface area contributed by atoms with E-state index in [1.807, 2.05) is 18.2 Å². The summed E-state index contributed by atoms with van der Waals surface area (Å²) in [7, 11) is 0. The van der Waals surface area contributed by atoms with Crippen LogP contribution in [-0.2, 0) is 4.74 Å². The molecule has 23 heavy (non-hydrogen) atoms. The van der Waals surface area contributed by atoms with E-state index >= 15 is 0 Å². The van der Waals surface area contributed by atoms with E-state index in [4.69, 9.17) is 4.74 Å². The van der Waals surface area contributed by atoms with Crippen molar-refractivity contribution < 1.29 is 9.13 Å². The molecule has 0 radical (unpaired) electrons. The smallest absolute Gasteiger partial charge is 0.125 e. The Kier molecular flexibility index (Phi) is 5.23. The molecule has 1 saturated heterocycles. The van der Waals surface area contributed by atoms with E-state index < -0.39 is 5.83 Å². The Bertz CT molecular complexity index is 603. The maximum atomic E-state index is 13.1. The predicted octanol–water partition coefficient (Wildman–Crippen LogP) is 4.98. The Morgan fingerprint density at radius 1 is 1.26 bits per heavy atom. The van der Waals surface area contributed by atoms with E-state index in [0.29, 0.717) is 24.2 Å². The van der Waals surface area contributed by atoms with Crippen molar-refractivity contribution in [2.45, 2.75) is 17.7 Å². The first-order valence-electron chi connectivity index (χ1n) is 7.98. The first-order valence-corrected chi connectivity index (χ1v) is 8.75. The summed E-state index contributed by atoms with van der Waals surface area (Å²) >= 11 is 1.77. The number of nitrogens with zero attached hydrogens (tertiary/aromatic N) is 1. The van der Waals surface area contributed by atoms with Crippen molar-refractivity contribution in [1.82, 2.24) is 4.31 Å². The molecule has 1 saturated carbocycles. The molecule has 2 nitrogen and oxygen atoms in total. The molecule has 1 aliphatic carbocycles. The van der Waals surface area contributed by atoms with Gasteiger partial charge in [-0.15, -0.1) is 0 Å². The Morgan fingerprint density at radius 2 is 1.96 bits per heavy atom. The lowest BCUT2D eigenvalue weighted by Gasteiger charge is -2.38. The molecule has 1 aliphatic heterocycles. The molecule has 2 fully saturated rings. The van der Waals surface area contributed by atoms with Gasteiger partial charge in [0.1, 0.15) is 11.6 Å². The van der Waals surface area contributed by atoms with Gasteiger partial charge in [-0.3, -0.25) is 0 Å². The maximum absolute atomic E-state index is 13.1. The van der Waals surface area contributed by atoms with Crippen molar-refractivity contribution in [3.05, 3.63) is 66.7 Å². The van der Waals surface area contributed by atoms with Crippen LogP contribution in [0.2, 0.25) is 0 Å². The lowest BCUT2D eigenvalue weighted by molar-refractivity contribution is 0.0980. The standard InChI is InChI=1S/C19H22FNOS/c1-14(20)10-19(15(2)17-8-9-17)22-13-16-11-21(12-16)23-18-6-4-3-5-7-18/h3-7,10,16-17H,1-2,8-9,11-13H2/b19-10+. The van der Waals surface area contributed by atoms with Gasteiger partial charge in [-0.05, 0) is 48.4 Å². The molecule has 3 rings (SSSR count). The molecule has 2 aliphatic rings. The van der Waals surface area contributed by atoms with Crippen LogP contribution in [0.25, 0.3) is 0 Å². The molecule has 0 unspecified atom stereocenters. The molecule has 4 heteroatoms. The minimum absolute atomic E-state index is 0.465. The second-order valence-corrected chi connectivity index (χ2v) is 7.35. The third kappa shape index (κ3) is 4.72. The number of hydrogen-bond acceptors (Lipinski definition) is 3.